The molecule has 2 aromatic rings. The third-order valence-corrected chi connectivity index (χ3v) is 3.29. The van der Waals surface area contributed by atoms with E-state index in [0.29, 0.717) is 0 Å². The largest absolute Gasteiger partial charge is 0.316 e. The number of aryl methyl sites for hydroxylation is 1. The summed E-state index contributed by atoms with van der Waals surface area (Å²) in [5.74, 6) is 0.885. The molecule has 0 saturated carbocycles. The fourth-order valence-electron chi connectivity index (χ4n) is 2.25. The quantitative estimate of drug-likeness (QED) is 0.809. The molecule has 0 amide bonds. The first-order chi connectivity index (χ1) is 9.24. The van der Waals surface area contributed by atoms with Gasteiger partial charge in [0, 0.05) is 11.9 Å². The van der Waals surface area contributed by atoms with Crippen molar-refractivity contribution in [3.8, 4) is 5.82 Å². The third kappa shape index (κ3) is 3.20. The highest BCUT2D eigenvalue weighted by atomic mass is 15.3. The van der Waals surface area contributed by atoms with E-state index in [1.54, 1.807) is 6.20 Å². The molecule has 2 rings (SSSR count). The van der Waals surface area contributed by atoms with E-state index >= 15 is 0 Å². The van der Waals surface area contributed by atoms with Crippen molar-refractivity contribution in [1.82, 2.24) is 20.1 Å². The molecule has 1 N–H and O–H groups in total. The minimum Gasteiger partial charge on any atom is -0.316 e. The summed E-state index contributed by atoms with van der Waals surface area (Å²) in [5, 5.41) is 8.04. The van der Waals surface area contributed by atoms with Gasteiger partial charge in [-0.1, -0.05) is 13.0 Å². The number of pyridine rings is 1. The van der Waals surface area contributed by atoms with Gasteiger partial charge in [0.2, 0.25) is 0 Å². The molecule has 0 aliphatic heterocycles. The Kier molecular flexibility index (Phi) is 4.68. The molecule has 2 aromatic heterocycles. The fourth-order valence-corrected chi connectivity index (χ4v) is 2.25. The van der Waals surface area contributed by atoms with Gasteiger partial charge in [0.1, 0.15) is 0 Å². The molecular formula is C15H22N4. The van der Waals surface area contributed by atoms with Gasteiger partial charge < -0.3 is 5.32 Å². The number of hydrogen-bond donors (Lipinski definition) is 1. The summed E-state index contributed by atoms with van der Waals surface area (Å²) in [5.41, 5.74) is 3.62. The van der Waals surface area contributed by atoms with Gasteiger partial charge in [-0.05, 0) is 57.5 Å². The Labute approximate surface area is 114 Å². The molecule has 0 fully saturated rings. The monoisotopic (exact) mass is 258 g/mol. The van der Waals surface area contributed by atoms with Crippen molar-refractivity contribution < 1.29 is 0 Å². The van der Waals surface area contributed by atoms with Crippen LogP contribution in [0.2, 0.25) is 0 Å². The third-order valence-electron chi connectivity index (χ3n) is 3.29. The summed E-state index contributed by atoms with van der Waals surface area (Å²) in [6.07, 6.45) is 3.99. The molecule has 102 valence electrons. The fraction of sp³-hybridized carbons (Fsp3) is 0.467. The van der Waals surface area contributed by atoms with E-state index in [9.17, 15) is 0 Å². The molecule has 0 saturated heterocycles. The molecule has 0 aliphatic rings. The zero-order chi connectivity index (χ0) is 13.7. The summed E-state index contributed by atoms with van der Waals surface area (Å²) in [6.45, 7) is 8.45. The van der Waals surface area contributed by atoms with Crippen LogP contribution in [0.4, 0.5) is 0 Å². The summed E-state index contributed by atoms with van der Waals surface area (Å²) in [6, 6.07) is 5.89. The van der Waals surface area contributed by atoms with Crippen LogP contribution in [0.1, 0.15) is 30.3 Å². The Hall–Kier alpha value is -1.68. The van der Waals surface area contributed by atoms with E-state index in [1.807, 2.05) is 22.9 Å². The molecule has 4 heteroatoms. The molecule has 19 heavy (non-hydrogen) atoms. The van der Waals surface area contributed by atoms with E-state index in [4.69, 9.17) is 0 Å². The second-order valence-corrected chi connectivity index (χ2v) is 4.75. The first-order valence-electron chi connectivity index (χ1n) is 6.91. The highest BCUT2D eigenvalue weighted by Crippen LogP contribution is 2.16. The molecule has 0 unspecified atom stereocenters. The molecule has 0 spiro atoms. The van der Waals surface area contributed by atoms with Crippen molar-refractivity contribution in [3.05, 3.63) is 41.3 Å². The van der Waals surface area contributed by atoms with E-state index < -0.39 is 0 Å². The van der Waals surface area contributed by atoms with Crippen LogP contribution in [0.25, 0.3) is 5.82 Å². The van der Waals surface area contributed by atoms with Crippen LogP contribution in [-0.2, 0) is 6.42 Å². The van der Waals surface area contributed by atoms with Crippen LogP contribution in [0.3, 0.4) is 0 Å². The predicted molar refractivity (Wildman–Crippen MR) is 77.7 cm³/mol. The van der Waals surface area contributed by atoms with Gasteiger partial charge in [-0.2, -0.15) is 5.10 Å². The van der Waals surface area contributed by atoms with E-state index in [1.165, 1.54) is 17.7 Å². The van der Waals surface area contributed by atoms with Crippen LogP contribution in [0, 0.1) is 13.8 Å². The van der Waals surface area contributed by atoms with Gasteiger partial charge >= 0.3 is 0 Å². The number of aromatic nitrogens is 3. The van der Waals surface area contributed by atoms with Crippen molar-refractivity contribution in [1.29, 1.82) is 0 Å². The number of hydrogen-bond acceptors (Lipinski definition) is 3. The Bertz CT molecular complexity index is 516. The minimum atomic E-state index is 0.885. The van der Waals surface area contributed by atoms with E-state index in [2.05, 4.69) is 36.2 Å². The van der Waals surface area contributed by atoms with Gasteiger partial charge in [0.15, 0.2) is 5.82 Å². The topological polar surface area (TPSA) is 42.7 Å². The zero-order valence-electron chi connectivity index (χ0n) is 12.0. The Morgan fingerprint density at radius 1 is 1.21 bits per heavy atom. The molecule has 0 bridgehead atoms. The van der Waals surface area contributed by atoms with Gasteiger partial charge in [-0.15, -0.1) is 0 Å². The van der Waals surface area contributed by atoms with Crippen molar-refractivity contribution in [2.45, 2.75) is 33.6 Å². The summed E-state index contributed by atoms with van der Waals surface area (Å²) < 4.78 is 1.94. The second-order valence-electron chi connectivity index (χ2n) is 4.75. The van der Waals surface area contributed by atoms with Crippen LogP contribution < -0.4 is 5.32 Å². The zero-order valence-corrected chi connectivity index (χ0v) is 12.0. The van der Waals surface area contributed by atoms with Gasteiger partial charge in [0.05, 0.1) is 5.69 Å². The Morgan fingerprint density at radius 3 is 2.74 bits per heavy atom. The Balaban J connectivity index is 2.16. The van der Waals surface area contributed by atoms with Crippen LogP contribution >= 0.6 is 0 Å². The minimum absolute atomic E-state index is 0.885. The molecule has 0 atom stereocenters. The molecule has 4 nitrogen and oxygen atoms in total. The van der Waals surface area contributed by atoms with Crippen LogP contribution in [0.5, 0.6) is 0 Å². The average molecular weight is 258 g/mol. The van der Waals surface area contributed by atoms with Crippen LogP contribution in [-0.4, -0.2) is 27.9 Å². The predicted octanol–water partition coefficient (Wildman–Crippen LogP) is 2.43. The lowest BCUT2D eigenvalue weighted by Gasteiger charge is -2.05. The van der Waals surface area contributed by atoms with Gasteiger partial charge in [-0.3, -0.25) is 0 Å². The van der Waals surface area contributed by atoms with Crippen molar-refractivity contribution in [2.75, 3.05) is 13.1 Å². The second kappa shape index (κ2) is 6.48. The normalized spacial score (nSPS) is 10.9. The first kappa shape index (κ1) is 13.7. The average Bonchev–Trinajstić information content (AvgIpc) is 2.72. The van der Waals surface area contributed by atoms with Crippen LogP contribution in [0.15, 0.2) is 24.4 Å². The van der Waals surface area contributed by atoms with Crippen molar-refractivity contribution in [2.24, 2.45) is 0 Å². The SMILES string of the molecule is CCCNCCc1c(C)nn(-c2ccccn2)c1C. The van der Waals surface area contributed by atoms with Gasteiger partial charge in [0.25, 0.3) is 0 Å². The lowest BCUT2D eigenvalue weighted by Crippen LogP contribution is -2.18. The van der Waals surface area contributed by atoms with E-state index in [0.717, 1.165) is 31.0 Å². The lowest BCUT2D eigenvalue weighted by atomic mass is 10.1. The molecule has 2 heterocycles. The number of nitrogens with zero attached hydrogens (tertiary/aromatic N) is 3. The maximum absolute atomic E-state index is 4.61. The summed E-state index contributed by atoms with van der Waals surface area (Å²) in [7, 11) is 0. The summed E-state index contributed by atoms with van der Waals surface area (Å²) in [4.78, 5) is 4.36. The number of rotatable bonds is 6. The molecular weight excluding hydrogens is 236 g/mol. The smallest absolute Gasteiger partial charge is 0.153 e. The van der Waals surface area contributed by atoms with Crippen molar-refractivity contribution in [3.63, 3.8) is 0 Å². The number of nitrogens with one attached hydrogen (secondary N) is 1. The highest BCUT2D eigenvalue weighted by Gasteiger charge is 2.12. The van der Waals surface area contributed by atoms with Crippen molar-refractivity contribution >= 4 is 0 Å². The molecule has 0 radical (unpaired) electrons. The maximum Gasteiger partial charge on any atom is 0.153 e. The van der Waals surface area contributed by atoms with E-state index in [-0.39, 0.29) is 0 Å². The van der Waals surface area contributed by atoms with Gasteiger partial charge in [-0.25, -0.2) is 9.67 Å². The first-order valence-corrected chi connectivity index (χ1v) is 6.91. The molecule has 0 aromatic carbocycles. The summed E-state index contributed by atoms with van der Waals surface area (Å²) >= 11 is 0. The highest BCUT2D eigenvalue weighted by molar-refractivity contribution is 5.32. The maximum atomic E-state index is 4.61. The Morgan fingerprint density at radius 2 is 2.05 bits per heavy atom. The standard InChI is InChI=1S/C15H22N4/c1-4-9-16-11-8-14-12(2)18-19(13(14)3)15-7-5-6-10-17-15/h5-7,10,16H,4,8-9,11H2,1-3H3. The lowest BCUT2D eigenvalue weighted by molar-refractivity contribution is 0.669. The molecule has 0 aliphatic carbocycles.